The van der Waals surface area contributed by atoms with Crippen LogP contribution < -0.4 is 15.4 Å². The molecule has 8 heteroatoms. The maximum Gasteiger partial charge on any atom is 0.225 e. The molecule has 0 spiro atoms. The van der Waals surface area contributed by atoms with Gasteiger partial charge in [-0.2, -0.15) is 4.31 Å². The van der Waals surface area contributed by atoms with Crippen molar-refractivity contribution in [1.82, 2.24) is 9.62 Å². The topological polar surface area (TPSA) is 87.7 Å². The lowest BCUT2D eigenvalue weighted by molar-refractivity contribution is -0.115. The average Bonchev–Trinajstić information content (AvgIpc) is 2.54. The number of nitrogens with zero attached hydrogens (tertiary/aromatic N) is 1. The zero-order valence-corrected chi connectivity index (χ0v) is 13.4. The van der Waals surface area contributed by atoms with E-state index in [9.17, 15) is 13.2 Å². The second kappa shape index (κ2) is 7.57. The second-order valence-electron chi connectivity index (χ2n) is 4.96. The Balaban J connectivity index is 1.89. The molecule has 1 saturated heterocycles. The molecule has 2 N–H and O–H groups in total. The first kappa shape index (κ1) is 16.7. The molecule has 22 heavy (non-hydrogen) atoms. The molecule has 122 valence electrons. The number of para-hydroxylation sites is 2. The van der Waals surface area contributed by atoms with Gasteiger partial charge in [-0.25, -0.2) is 8.42 Å². The van der Waals surface area contributed by atoms with Crippen molar-refractivity contribution in [3.8, 4) is 5.75 Å². The van der Waals surface area contributed by atoms with Crippen LogP contribution in [0.15, 0.2) is 24.3 Å². The molecule has 1 aliphatic heterocycles. The van der Waals surface area contributed by atoms with Crippen LogP contribution in [0.3, 0.4) is 0 Å². The maximum atomic E-state index is 12.2. The third-order valence-electron chi connectivity index (χ3n) is 3.44. The molecule has 1 fully saturated rings. The van der Waals surface area contributed by atoms with Crippen LogP contribution in [0.1, 0.15) is 6.42 Å². The van der Waals surface area contributed by atoms with Gasteiger partial charge in [0.05, 0.1) is 18.6 Å². The highest BCUT2D eigenvalue weighted by Crippen LogP contribution is 2.23. The fourth-order valence-corrected chi connectivity index (χ4v) is 3.67. The number of carbonyl (C=O) groups is 1. The summed E-state index contributed by atoms with van der Waals surface area (Å²) in [5.41, 5.74) is 0.537. The molecule has 2 rings (SSSR count). The SMILES string of the molecule is COc1ccccc1NC(=O)CCS(=O)(=O)N1CCNCC1. The smallest absolute Gasteiger partial charge is 0.225 e. The Morgan fingerprint density at radius 3 is 2.68 bits per heavy atom. The van der Waals surface area contributed by atoms with Gasteiger partial charge in [0.25, 0.3) is 0 Å². The van der Waals surface area contributed by atoms with Gasteiger partial charge in [0.1, 0.15) is 5.75 Å². The van der Waals surface area contributed by atoms with Crippen LogP contribution in [0.2, 0.25) is 0 Å². The van der Waals surface area contributed by atoms with Crippen molar-refractivity contribution in [3.05, 3.63) is 24.3 Å². The highest BCUT2D eigenvalue weighted by atomic mass is 32.2. The molecule has 0 atom stereocenters. The van der Waals surface area contributed by atoms with Gasteiger partial charge in [0.2, 0.25) is 15.9 Å². The number of carbonyl (C=O) groups excluding carboxylic acids is 1. The molecule has 1 amide bonds. The molecule has 0 aromatic heterocycles. The Hall–Kier alpha value is -1.64. The minimum Gasteiger partial charge on any atom is -0.495 e. The average molecular weight is 327 g/mol. The van der Waals surface area contributed by atoms with Crippen molar-refractivity contribution >= 4 is 21.6 Å². The Kier molecular flexibility index (Phi) is 5.76. The van der Waals surface area contributed by atoms with Gasteiger partial charge in [0.15, 0.2) is 0 Å². The Morgan fingerprint density at radius 1 is 1.32 bits per heavy atom. The van der Waals surface area contributed by atoms with Gasteiger partial charge >= 0.3 is 0 Å². The van der Waals surface area contributed by atoms with E-state index in [1.165, 1.54) is 11.4 Å². The molecule has 7 nitrogen and oxygen atoms in total. The fourth-order valence-electron chi connectivity index (χ4n) is 2.23. The normalized spacial score (nSPS) is 16.2. The van der Waals surface area contributed by atoms with Crippen LogP contribution in [0.4, 0.5) is 5.69 Å². The number of piperazine rings is 1. The monoisotopic (exact) mass is 327 g/mol. The summed E-state index contributed by atoms with van der Waals surface area (Å²) in [7, 11) is -1.87. The van der Waals surface area contributed by atoms with E-state index in [0.29, 0.717) is 37.6 Å². The third kappa shape index (κ3) is 4.43. The predicted octanol–water partition coefficient (Wildman–Crippen LogP) is 0.259. The Bertz CT molecular complexity index is 612. The van der Waals surface area contributed by atoms with Gasteiger partial charge in [-0.15, -0.1) is 0 Å². The van der Waals surface area contributed by atoms with E-state index in [0.717, 1.165) is 0 Å². The number of methoxy groups -OCH3 is 1. The van der Waals surface area contributed by atoms with Crippen LogP contribution >= 0.6 is 0 Å². The lowest BCUT2D eigenvalue weighted by Gasteiger charge is -2.26. The van der Waals surface area contributed by atoms with Crippen molar-refractivity contribution in [2.24, 2.45) is 0 Å². The van der Waals surface area contributed by atoms with Crippen LogP contribution in [-0.4, -0.2) is 57.7 Å². The summed E-state index contributed by atoms with van der Waals surface area (Å²) in [6.07, 6.45) is -0.0791. The van der Waals surface area contributed by atoms with E-state index in [4.69, 9.17) is 4.74 Å². The summed E-state index contributed by atoms with van der Waals surface area (Å²) in [5.74, 6) is 0.0116. The number of ether oxygens (including phenoxy) is 1. The highest BCUT2D eigenvalue weighted by Gasteiger charge is 2.24. The van der Waals surface area contributed by atoms with Gasteiger partial charge in [0, 0.05) is 32.6 Å². The summed E-state index contributed by atoms with van der Waals surface area (Å²) < 4.78 is 30.9. The number of sulfonamides is 1. The summed E-state index contributed by atoms with van der Waals surface area (Å²) in [4.78, 5) is 11.9. The summed E-state index contributed by atoms with van der Waals surface area (Å²) in [6.45, 7) is 2.20. The van der Waals surface area contributed by atoms with Crippen LogP contribution in [0.5, 0.6) is 5.75 Å². The molecule has 0 aliphatic carbocycles. The lowest BCUT2D eigenvalue weighted by atomic mass is 10.3. The van der Waals surface area contributed by atoms with E-state index in [1.807, 2.05) is 0 Å². The molecule has 1 aromatic carbocycles. The first-order valence-corrected chi connectivity index (χ1v) is 8.75. The molecular weight excluding hydrogens is 306 g/mol. The maximum absolute atomic E-state index is 12.2. The quantitative estimate of drug-likeness (QED) is 0.782. The first-order chi connectivity index (χ1) is 10.5. The number of anilines is 1. The molecule has 0 saturated carbocycles. The molecule has 0 radical (unpaired) electrons. The zero-order chi connectivity index (χ0) is 16.0. The van der Waals surface area contributed by atoms with Crippen molar-refractivity contribution < 1.29 is 17.9 Å². The van der Waals surface area contributed by atoms with Crippen LogP contribution in [0.25, 0.3) is 0 Å². The lowest BCUT2D eigenvalue weighted by Crippen LogP contribution is -2.47. The first-order valence-electron chi connectivity index (χ1n) is 7.14. The van der Waals surface area contributed by atoms with Gasteiger partial charge < -0.3 is 15.4 Å². The standard InChI is InChI=1S/C14H21N3O4S/c1-21-13-5-3-2-4-12(13)16-14(18)6-11-22(19,20)17-9-7-15-8-10-17/h2-5,15H,6-11H2,1H3,(H,16,18). The second-order valence-corrected chi connectivity index (χ2v) is 7.05. The van der Waals surface area contributed by atoms with E-state index in [-0.39, 0.29) is 18.1 Å². The molecule has 1 aliphatic rings. The zero-order valence-electron chi connectivity index (χ0n) is 12.5. The molecule has 0 unspecified atom stereocenters. The predicted molar refractivity (Wildman–Crippen MR) is 84.5 cm³/mol. The van der Waals surface area contributed by atoms with Crippen molar-refractivity contribution in [1.29, 1.82) is 0 Å². The number of nitrogens with one attached hydrogen (secondary N) is 2. The number of amides is 1. The van der Waals surface area contributed by atoms with Gasteiger partial charge in [-0.3, -0.25) is 4.79 Å². The van der Waals surface area contributed by atoms with E-state index < -0.39 is 10.0 Å². The van der Waals surface area contributed by atoms with Crippen LogP contribution in [0, 0.1) is 0 Å². The number of rotatable bonds is 6. The minimum absolute atomic E-state index is 0.0791. The summed E-state index contributed by atoms with van der Waals surface area (Å²) >= 11 is 0. The Labute approximate surface area is 130 Å². The van der Waals surface area contributed by atoms with Crippen molar-refractivity contribution in [2.75, 3.05) is 44.4 Å². The summed E-state index contributed by atoms with van der Waals surface area (Å²) in [6, 6.07) is 7.01. The number of hydrogen-bond acceptors (Lipinski definition) is 5. The molecular formula is C14H21N3O4S. The fraction of sp³-hybridized carbons (Fsp3) is 0.500. The van der Waals surface area contributed by atoms with Gasteiger partial charge in [-0.05, 0) is 12.1 Å². The van der Waals surface area contributed by atoms with E-state index in [2.05, 4.69) is 10.6 Å². The molecule has 0 bridgehead atoms. The number of hydrogen-bond donors (Lipinski definition) is 2. The molecule has 1 heterocycles. The Morgan fingerprint density at radius 2 is 2.00 bits per heavy atom. The molecule has 1 aromatic rings. The minimum atomic E-state index is -3.39. The van der Waals surface area contributed by atoms with Crippen molar-refractivity contribution in [3.63, 3.8) is 0 Å². The third-order valence-corrected chi connectivity index (χ3v) is 5.31. The van der Waals surface area contributed by atoms with Crippen LogP contribution in [-0.2, 0) is 14.8 Å². The van der Waals surface area contributed by atoms with Gasteiger partial charge in [-0.1, -0.05) is 12.1 Å². The largest absolute Gasteiger partial charge is 0.495 e. The summed E-state index contributed by atoms with van der Waals surface area (Å²) in [5, 5.41) is 5.78. The number of benzene rings is 1. The highest BCUT2D eigenvalue weighted by molar-refractivity contribution is 7.89. The van der Waals surface area contributed by atoms with Crippen molar-refractivity contribution in [2.45, 2.75) is 6.42 Å². The van der Waals surface area contributed by atoms with E-state index in [1.54, 1.807) is 24.3 Å². The van der Waals surface area contributed by atoms with E-state index >= 15 is 0 Å².